The summed E-state index contributed by atoms with van der Waals surface area (Å²) < 4.78 is 5.48. The Hall–Kier alpha value is -1.97. The van der Waals surface area contributed by atoms with Crippen LogP contribution in [0.15, 0.2) is 30.5 Å². The van der Waals surface area contributed by atoms with E-state index in [1.54, 1.807) is 30.5 Å². The molecule has 72 valence electrons. The molecule has 4 heteroatoms. The molecule has 2 rings (SSSR count). The van der Waals surface area contributed by atoms with Gasteiger partial charge in [0.15, 0.2) is 5.75 Å². The van der Waals surface area contributed by atoms with Crippen molar-refractivity contribution in [1.82, 2.24) is 10.2 Å². The van der Waals surface area contributed by atoms with Crippen molar-refractivity contribution in [3.05, 3.63) is 36.2 Å². The van der Waals surface area contributed by atoms with Gasteiger partial charge in [-0.25, -0.2) is 0 Å². The van der Waals surface area contributed by atoms with E-state index in [1.165, 1.54) is 0 Å². The van der Waals surface area contributed by atoms with Crippen molar-refractivity contribution in [1.29, 1.82) is 0 Å². The quantitative estimate of drug-likeness (QED) is 0.763. The van der Waals surface area contributed by atoms with Gasteiger partial charge in [-0.05, 0) is 19.1 Å². The number of phenols is 1. The van der Waals surface area contributed by atoms with E-state index in [2.05, 4.69) is 10.2 Å². The highest BCUT2D eigenvalue weighted by atomic mass is 16.5. The Balaban J connectivity index is 2.23. The zero-order valence-corrected chi connectivity index (χ0v) is 7.69. The molecular weight excluding hydrogens is 180 g/mol. The van der Waals surface area contributed by atoms with Gasteiger partial charge in [-0.15, -0.1) is 0 Å². The van der Waals surface area contributed by atoms with Gasteiger partial charge >= 0.3 is 0 Å². The smallest absolute Gasteiger partial charge is 0.167 e. The van der Waals surface area contributed by atoms with Crippen molar-refractivity contribution in [3.63, 3.8) is 0 Å². The van der Waals surface area contributed by atoms with E-state index in [0.717, 1.165) is 5.69 Å². The summed E-state index contributed by atoms with van der Waals surface area (Å²) in [5.41, 5.74) is 0.855. The molecule has 4 nitrogen and oxygen atoms in total. The second-order valence-corrected chi connectivity index (χ2v) is 2.96. The Labute approximate surface area is 81.2 Å². The number of hydrogen-bond acceptors (Lipinski definition) is 3. The van der Waals surface area contributed by atoms with Crippen molar-refractivity contribution in [2.24, 2.45) is 0 Å². The molecule has 0 aliphatic heterocycles. The summed E-state index contributed by atoms with van der Waals surface area (Å²) in [4.78, 5) is 0. The van der Waals surface area contributed by atoms with Crippen molar-refractivity contribution in [2.45, 2.75) is 6.92 Å². The molecule has 0 spiro atoms. The number of aromatic hydroxyl groups is 1. The summed E-state index contributed by atoms with van der Waals surface area (Å²) in [7, 11) is 0. The molecule has 1 aromatic heterocycles. The Kier molecular flexibility index (Phi) is 2.10. The molecule has 2 N–H and O–H groups in total. The number of nitrogens with one attached hydrogen (secondary N) is 1. The summed E-state index contributed by atoms with van der Waals surface area (Å²) in [5, 5.41) is 15.8. The maximum Gasteiger partial charge on any atom is 0.167 e. The summed E-state index contributed by atoms with van der Waals surface area (Å²) in [6, 6.07) is 6.63. The van der Waals surface area contributed by atoms with E-state index < -0.39 is 0 Å². The Morgan fingerprint density at radius 2 is 2.29 bits per heavy atom. The maximum atomic E-state index is 9.21. The van der Waals surface area contributed by atoms with Gasteiger partial charge in [0.25, 0.3) is 0 Å². The Bertz CT molecular complexity index is 437. The van der Waals surface area contributed by atoms with Gasteiger partial charge in [0.2, 0.25) is 0 Å². The first-order valence-electron chi connectivity index (χ1n) is 4.22. The molecule has 0 saturated heterocycles. The normalized spacial score (nSPS) is 10.1. The van der Waals surface area contributed by atoms with Crippen LogP contribution in [0.2, 0.25) is 0 Å². The molecule has 0 atom stereocenters. The third kappa shape index (κ3) is 1.69. The molecule has 0 aliphatic rings. The van der Waals surface area contributed by atoms with Crippen molar-refractivity contribution in [2.75, 3.05) is 0 Å². The van der Waals surface area contributed by atoms with Crippen LogP contribution in [0.1, 0.15) is 5.69 Å². The van der Waals surface area contributed by atoms with Gasteiger partial charge in [-0.1, -0.05) is 6.07 Å². The van der Waals surface area contributed by atoms with Crippen LogP contribution in [0, 0.1) is 6.92 Å². The molecular formula is C10H10N2O2. The lowest BCUT2D eigenvalue weighted by Crippen LogP contribution is -1.83. The highest BCUT2D eigenvalue weighted by Crippen LogP contribution is 2.25. The minimum absolute atomic E-state index is 0.184. The van der Waals surface area contributed by atoms with Crippen LogP contribution in [0.3, 0.4) is 0 Å². The Morgan fingerprint density at radius 3 is 2.93 bits per heavy atom. The number of benzene rings is 1. The number of hydrogen-bond donors (Lipinski definition) is 2. The minimum Gasteiger partial charge on any atom is -0.508 e. The number of aromatic nitrogens is 2. The topological polar surface area (TPSA) is 58.1 Å². The molecule has 1 heterocycles. The number of nitrogens with zero attached hydrogens (tertiary/aromatic N) is 1. The standard InChI is InChI=1S/C10H10N2O2/c1-7-10(6-11-12-7)14-9-4-2-3-8(13)5-9/h2-6,13H,1H3,(H,11,12). The highest BCUT2D eigenvalue weighted by Gasteiger charge is 2.02. The fourth-order valence-electron chi connectivity index (χ4n) is 1.12. The molecule has 0 amide bonds. The zero-order chi connectivity index (χ0) is 9.97. The van der Waals surface area contributed by atoms with E-state index in [-0.39, 0.29) is 5.75 Å². The third-order valence-electron chi connectivity index (χ3n) is 1.83. The van der Waals surface area contributed by atoms with Crippen molar-refractivity contribution < 1.29 is 9.84 Å². The minimum atomic E-state index is 0.184. The first-order chi connectivity index (χ1) is 6.75. The van der Waals surface area contributed by atoms with Crippen LogP contribution in [-0.4, -0.2) is 15.3 Å². The molecule has 0 saturated carbocycles. The van der Waals surface area contributed by atoms with Gasteiger partial charge in [-0.3, -0.25) is 5.10 Å². The van der Waals surface area contributed by atoms with Gasteiger partial charge in [0, 0.05) is 6.07 Å². The van der Waals surface area contributed by atoms with Crippen molar-refractivity contribution in [3.8, 4) is 17.2 Å². The fraction of sp³-hybridized carbons (Fsp3) is 0.100. The lowest BCUT2D eigenvalue weighted by Gasteiger charge is -2.03. The highest BCUT2D eigenvalue weighted by molar-refractivity contribution is 5.36. The monoisotopic (exact) mass is 190 g/mol. The summed E-state index contributed by atoms with van der Waals surface area (Å²) in [6.07, 6.45) is 1.60. The third-order valence-corrected chi connectivity index (χ3v) is 1.83. The molecule has 0 fully saturated rings. The number of phenolic OH excluding ortho intramolecular Hbond substituents is 1. The van der Waals surface area contributed by atoms with Crippen LogP contribution in [-0.2, 0) is 0 Å². The van der Waals surface area contributed by atoms with E-state index in [1.807, 2.05) is 6.92 Å². The maximum absolute atomic E-state index is 9.21. The van der Waals surface area contributed by atoms with Crippen LogP contribution in [0.4, 0.5) is 0 Å². The predicted molar refractivity (Wildman–Crippen MR) is 51.5 cm³/mol. The van der Waals surface area contributed by atoms with Crippen molar-refractivity contribution >= 4 is 0 Å². The van der Waals surface area contributed by atoms with E-state index in [9.17, 15) is 5.11 Å². The largest absolute Gasteiger partial charge is 0.508 e. The number of aryl methyl sites for hydroxylation is 1. The number of rotatable bonds is 2. The molecule has 1 aromatic carbocycles. The summed E-state index contributed by atoms with van der Waals surface area (Å²) >= 11 is 0. The van der Waals surface area contributed by atoms with Crippen LogP contribution < -0.4 is 4.74 Å². The lowest BCUT2D eigenvalue weighted by molar-refractivity contribution is 0.454. The second kappa shape index (κ2) is 3.41. The molecule has 14 heavy (non-hydrogen) atoms. The molecule has 2 aromatic rings. The van der Waals surface area contributed by atoms with Crippen LogP contribution in [0.25, 0.3) is 0 Å². The van der Waals surface area contributed by atoms with Gasteiger partial charge in [0.05, 0.1) is 11.9 Å². The first-order valence-corrected chi connectivity index (χ1v) is 4.22. The average molecular weight is 190 g/mol. The predicted octanol–water partition coefficient (Wildman–Crippen LogP) is 2.22. The van der Waals surface area contributed by atoms with Crippen LogP contribution in [0.5, 0.6) is 17.2 Å². The number of aromatic amines is 1. The number of H-pyrrole nitrogens is 1. The summed E-state index contributed by atoms with van der Waals surface area (Å²) in [6.45, 7) is 1.87. The van der Waals surface area contributed by atoms with E-state index in [0.29, 0.717) is 11.5 Å². The number of ether oxygens (including phenoxy) is 1. The van der Waals surface area contributed by atoms with Gasteiger partial charge in [-0.2, -0.15) is 5.10 Å². The SMILES string of the molecule is Cc1[nH]ncc1Oc1cccc(O)c1. The van der Waals surface area contributed by atoms with E-state index in [4.69, 9.17) is 4.74 Å². The second-order valence-electron chi connectivity index (χ2n) is 2.96. The summed E-state index contributed by atoms with van der Waals surface area (Å²) in [5.74, 6) is 1.44. The fourth-order valence-corrected chi connectivity index (χ4v) is 1.12. The van der Waals surface area contributed by atoms with E-state index >= 15 is 0 Å². The Morgan fingerprint density at radius 1 is 1.43 bits per heavy atom. The van der Waals surface area contributed by atoms with Crippen LogP contribution >= 0.6 is 0 Å². The lowest BCUT2D eigenvalue weighted by atomic mass is 10.3. The molecule has 0 bridgehead atoms. The molecule has 0 aliphatic carbocycles. The van der Waals surface area contributed by atoms with Gasteiger partial charge < -0.3 is 9.84 Å². The molecule has 0 radical (unpaired) electrons. The van der Waals surface area contributed by atoms with Gasteiger partial charge in [0.1, 0.15) is 11.5 Å². The first kappa shape index (κ1) is 8.62. The average Bonchev–Trinajstić information content (AvgIpc) is 2.52. The zero-order valence-electron chi connectivity index (χ0n) is 7.69. The molecule has 0 unspecified atom stereocenters.